The highest BCUT2D eigenvalue weighted by Gasteiger charge is 2.05. The van der Waals surface area contributed by atoms with Crippen LogP contribution in [0.2, 0.25) is 0 Å². The van der Waals surface area contributed by atoms with Crippen LogP contribution in [-0.4, -0.2) is 32.3 Å². The summed E-state index contributed by atoms with van der Waals surface area (Å²) in [5.74, 6) is 0. The van der Waals surface area contributed by atoms with Gasteiger partial charge in [-0.25, -0.2) is 0 Å². The quantitative estimate of drug-likeness (QED) is 0.501. The number of hydrogen-bond donors (Lipinski definition) is 1. The molecule has 0 fully saturated rings. The summed E-state index contributed by atoms with van der Waals surface area (Å²) in [4.78, 5) is 11.8. The van der Waals surface area contributed by atoms with Crippen molar-refractivity contribution < 1.29 is 4.79 Å². The predicted octanol–water partition coefficient (Wildman–Crippen LogP) is -0.544. The van der Waals surface area contributed by atoms with E-state index in [0.29, 0.717) is 6.17 Å². The Labute approximate surface area is 49.7 Å². The van der Waals surface area contributed by atoms with Crippen LogP contribution in [0, 0.1) is 6.17 Å². The monoisotopic (exact) mass is 115 g/mol. The molecule has 0 saturated carbocycles. The Bertz CT molecular complexity index is 72.8. The van der Waals surface area contributed by atoms with Crippen LogP contribution in [0.3, 0.4) is 0 Å². The molecule has 0 aromatic carbocycles. The number of aldehydes is 1. The van der Waals surface area contributed by atoms with Crippen LogP contribution < -0.4 is 5.32 Å². The van der Waals surface area contributed by atoms with Gasteiger partial charge in [0.25, 0.3) is 0 Å². The van der Waals surface area contributed by atoms with Crippen molar-refractivity contribution in [3.8, 4) is 0 Å². The number of nitrogens with one attached hydrogen (secondary N) is 1. The molecule has 0 saturated heterocycles. The zero-order chi connectivity index (χ0) is 6.57. The second-order valence-electron chi connectivity index (χ2n) is 1.65. The Kier molecular flexibility index (Phi) is 3.39. The van der Waals surface area contributed by atoms with Crippen LogP contribution in [0.25, 0.3) is 0 Å². The molecule has 47 valence electrons. The van der Waals surface area contributed by atoms with E-state index < -0.39 is 0 Å². The van der Waals surface area contributed by atoms with E-state index >= 15 is 0 Å². The molecule has 0 aromatic heterocycles. The highest BCUT2D eigenvalue weighted by Crippen LogP contribution is 1.89. The molecule has 0 aliphatic heterocycles. The second-order valence-corrected chi connectivity index (χ2v) is 1.65. The van der Waals surface area contributed by atoms with Gasteiger partial charge in [-0.15, -0.1) is 0 Å². The van der Waals surface area contributed by atoms with Crippen LogP contribution in [0.15, 0.2) is 0 Å². The van der Waals surface area contributed by atoms with Crippen molar-refractivity contribution in [3.63, 3.8) is 0 Å². The van der Waals surface area contributed by atoms with Gasteiger partial charge in [0, 0.05) is 0 Å². The Hall–Kier alpha value is -0.410. The number of carbonyl (C=O) groups is 1. The third kappa shape index (κ3) is 2.04. The van der Waals surface area contributed by atoms with E-state index in [1.807, 2.05) is 0 Å². The second kappa shape index (κ2) is 3.57. The Morgan fingerprint density at radius 2 is 2.12 bits per heavy atom. The molecule has 0 aromatic rings. The van der Waals surface area contributed by atoms with Crippen LogP contribution in [-0.2, 0) is 4.79 Å². The van der Waals surface area contributed by atoms with E-state index in [4.69, 9.17) is 0 Å². The van der Waals surface area contributed by atoms with Crippen molar-refractivity contribution in [1.82, 2.24) is 10.2 Å². The Morgan fingerprint density at radius 3 is 2.12 bits per heavy atom. The summed E-state index contributed by atoms with van der Waals surface area (Å²) in [5.41, 5.74) is 0. The van der Waals surface area contributed by atoms with Gasteiger partial charge in [0.2, 0.25) is 0 Å². The lowest BCUT2D eigenvalue weighted by Crippen LogP contribution is -2.31. The molecular weight excluding hydrogens is 104 g/mol. The molecule has 0 amide bonds. The normalized spacial score (nSPS) is 10.6. The number of carbonyl (C=O) groups excluding carboxylic acids is 1. The fourth-order valence-corrected chi connectivity index (χ4v) is 0.388. The third-order valence-corrected chi connectivity index (χ3v) is 0.850. The summed E-state index contributed by atoms with van der Waals surface area (Å²) >= 11 is 0. The minimum Gasteiger partial charge on any atom is -0.300 e. The summed E-state index contributed by atoms with van der Waals surface area (Å²) in [7, 11) is 5.32. The first kappa shape index (κ1) is 7.59. The number of likely N-dealkylation sites (N-methyl/N-ethyl adjacent to an activating group) is 2. The van der Waals surface area contributed by atoms with Crippen molar-refractivity contribution in [1.29, 1.82) is 0 Å². The maximum Gasteiger partial charge on any atom is 0.167 e. The van der Waals surface area contributed by atoms with Gasteiger partial charge in [-0.05, 0) is 21.1 Å². The highest BCUT2D eigenvalue weighted by molar-refractivity contribution is 5.66. The SMILES string of the molecule is CN[C](C=O)N(C)C. The van der Waals surface area contributed by atoms with Gasteiger partial charge >= 0.3 is 0 Å². The minimum absolute atomic E-state index is 0.588. The van der Waals surface area contributed by atoms with Crippen LogP contribution in [0.1, 0.15) is 0 Å². The van der Waals surface area contributed by atoms with E-state index in [9.17, 15) is 4.79 Å². The minimum atomic E-state index is 0.588. The van der Waals surface area contributed by atoms with E-state index in [2.05, 4.69) is 5.32 Å². The highest BCUT2D eigenvalue weighted by atomic mass is 16.1. The lowest BCUT2D eigenvalue weighted by molar-refractivity contribution is -0.108. The van der Waals surface area contributed by atoms with Gasteiger partial charge in [0.15, 0.2) is 12.5 Å². The van der Waals surface area contributed by atoms with E-state index in [-0.39, 0.29) is 0 Å². The fraction of sp³-hybridized carbons (Fsp3) is 0.600. The molecule has 0 aliphatic rings. The molecular formula is C5H11N2O. The van der Waals surface area contributed by atoms with Gasteiger partial charge in [-0.1, -0.05) is 0 Å². The molecule has 1 radical (unpaired) electrons. The van der Waals surface area contributed by atoms with E-state index in [1.165, 1.54) is 0 Å². The maximum absolute atomic E-state index is 10.0. The predicted molar refractivity (Wildman–Crippen MR) is 32.1 cm³/mol. The summed E-state index contributed by atoms with van der Waals surface area (Å²) in [6.07, 6.45) is 1.37. The summed E-state index contributed by atoms with van der Waals surface area (Å²) < 4.78 is 0. The van der Waals surface area contributed by atoms with Crippen LogP contribution in [0.5, 0.6) is 0 Å². The lowest BCUT2D eigenvalue weighted by Gasteiger charge is -2.14. The number of rotatable bonds is 3. The van der Waals surface area contributed by atoms with Crippen LogP contribution in [0.4, 0.5) is 0 Å². The van der Waals surface area contributed by atoms with Crippen molar-refractivity contribution in [2.75, 3.05) is 21.1 Å². The number of hydrogen-bond acceptors (Lipinski definition) is 3. The van der Waals surface area contributed by atoms with Crippen molar-refractivity contribution >= 4 is 6.29 Å². The van der Waals surface area contributed by atoms with Gasteiger partial charge in [0.1, 0.15) is 0 Å². The largest absolute Gasteiger partial charge is 0.300 e. The first-order valence-corrected chi connectivity index (χ1v) is 2.39. The molecule has 3 nitrogen and oxygen atoms in total. The zero-order valence-corrected chi connectivity index (χ0v) is 5.43. The van der Waals surface area contributed by atoms with Crippen molar-refractivity contribution in [3.05, 3.63) is 6.17 Å². The average molecular weight is 115 g/mol. The van der Waals surface area contributed by atoms with Gasteiger partial charge < -0.3 is 0 Å². The molecule has 0 spiro atoms. The topological polar surface area (TPSA) is 32.3 Å². The van der Waals surface area contributed by atoms with Gasteiger partial charge in [-0.3, -0.25) is 15.0 Å². The first-order valence-electron chi connectivity index (χ1n) is 2.39. The molecule has 3 heteroatoms. The van der Waals surface area contributed by atoms with E-state index in [0.717, 1.165) is 6.29 Å². The molecule has 0 atom stereocenters. The first-order chi connectivity index (χ1) is 3.72. The average Bonchev–Trinajstić information content (AvgIpc) is 1.69. The van der Waals surface area contributed by atoms with Crippen molar-refractivity contribution in [2.24, 2.45) is 0 Å². The number of nitrogens with zero attached hydrogens (tertiary/aromatic N) is 1. The lowest BCUT2D eigenvalue weighted by atomic mass is 10.5. The Balaban J connectivity index is 3.51. The molecule has 0 rings (SSSR count). The fourth-order valence-electron chi connectivity index (χ4n) is 0.388. The molecule has 1 N–H and O–H groups in total. The molecule has 0 unspecified atom stereocenters. The van der Waals surface area contributed by atoms with Crippen molar-refractivity contribution in [2.45, 2.75) is 0 Å². The molecule has 8 heavy (non-hydrogen) atoms. The standard InChI is InChI=1S/C5H11N2O/c1-6-5(4-8)7(2)3/h4,6H,1-3H3. The van der Waals surface area contributed by atoms with E-state index in [1.54, 1.807) is 26.0 Å². The molecule has 0 heterocycles. The molecule has 0 aliphatic carbocycles. The summed E-state index contributed by atoms with van der Waals surface area (Å²) in [6.45, 7) is 0. The zero-order valence-electron chi connectivity index (χ0n) is 5.43. The molecule has 0 bridgehead atoms. The Morgan fingerprint density at radius 1 is 1.62 bits per heavy atom. The summed E-state index contributed by atoms with van der Waals surface area (Å²) in [6, 6.07) is 0. The van der Waals surface area contributed by atoms with Gasteiger partial charge in [0.05, 0.1) is 0 Å². The smallest absolute Gasteiger partial charge is 0.167 e. The third-order valence-electron chi connectivity index (χ3n) is 0.850. The van der Waals surface area contributed by atoms with Gasteiger partial charge in [-0.2, -0.15) is 0 Å². The van der Waals surface area contributed by atoms with Crippen LogP contribution >= 0.6 is 0 Å². The summed E-state index contributed by atoms with van der Waals surface area (Å²) in [5, 5.41) is 2.73. The maximum atomic E-state index is 10.0.